The summed E-state index contributed by atoms with van der Waals surface area (Å²) in [5.74, 6) is -2.22. The standard InChI is InChI=1S/C17H11ClO4/c18-11-7-5-10(6-8-11)15(17(20)21)13-9-22-14-4-2-1-3-12(14)16(13)19/h1-9,15H,(H,20,21). The first-order valence-corrected chi connectivity index (χ1v) is 6.94. The fourth-order valence-corrected chi connectivity index (χ4v) is 2.53. The third kappa shape index (κ3) is 2.49. The SMILES string of the molecule is O=C(O)C(c1ccc(Cl)cc1)c1coc2ccccc2c1=O. The molecule has 3 rings (SSSR count). The Morgan fingerprint density at radius 3 is 2.45 bits per heavy atom. The normalized spacial score (nSPS) is 12.2. The van der Waals surface area contributed by atoms with Gasteiger partial charge in [0.2, 0.25) is 0 Å². The first-order valence-electron chi connectivity index (χ1n) is 6.56. The van der Waals surface area contributed by atoms with Crippen molar-refractivity contribution < 1.29 is 14.3 Å². The number of para-hydroxylation sites is 1. The molecule has 1 N–H and O–H groups in total. The van der Waals surface area contributed by atoms with E-state index in [9.17, 15) is 14.7 Å². The second kappa shape index (κ2) is 5.66. The van der Waals surface area contributed by atoms with Crippen LogP contribution in [0, 0.1) is 0 Å². The summed E-state index contributed by atoms with van der Waals surface area (Å²) < 4.78 is 5.41. The maximum Gasteiger partial charge on any atom is 0.315 e. The quantitative estimate of drug-likeness (QED) is 0.801. The lowest BCUT2D eigenvalue weighted by molar-refractivity contribution is -0.137. The van der Waals surface area contributed by atoms with E-state index in [-0.39, 0.29) is 11.0 Å². The number of hydrogen-bond donors (Lipinski definition) is 1. The topological polar surface area (TPSA) is 67.5 Å². The largest absolute Gasteiger partial charge is 0.481 e. The van der Waals surface area contributed by atoms with Gasteiger partial charge >= 0.3 is 5.97 Å². The molecule has 0 aliphatic carbocycles. The zero-order chi connectivity index (χ0) is 15.7. The van der Waals surface area contributed by atoms with E-state index in [1.807, 2.05) is 0 Å². The Balaban J connectivity index is 2.21. The highest BCUT2D eigenvalue weighted by Gasteiger charge is 2.26. The molecule has 0 spiro atoms. The van der Waals surface area contributed by atoms with Gasteiger partial charge in [-0.3, -0.25) is 9.59 Å². The van der Waals surface area contributed by atoms with Crippen molar-refractivity contribution in [2.24, 2.45) is 0 Å². The van der Waals surface area contributed by atoms with Gasteiger partial charge in [-0.2, -0.15) is 0 Å². The molecule has 0 saturated carbocycles. The summed E-state index contributed by atoms with van der Waals surface area (Å²) in [5.41, 5.74) is 0.647. The maximum absolute atomic E-state index is 12.6. The number of carbonyl (C=O) groups is 1. The van der Waals surface area contributed by atoms with Crippen LogP contribution in [0.1, 0.15) is 17.0 Å². The van der Waals surface area contributed by atoms with Crippen molar-refractivity contribution in [1.29, 1.82) is 0 Å². The minimum Gasteiger partial charge on any atom is -0.481 e. The van der Waals surface area contributed by atoms with E-state index in [4.69, 9.17) is 16.0 Å². The zero-order valence-electron chi connectivity index (χ0n) is 11.3. The summed E-state index contributed by atoms with van der Waals surface area (Å²) >= 11 is 5.82. The second-order valence-corrected chi connectivity index (χ2v) is 5.28. The third-order valence-corrected chi connectivity index (χ3v) is 3.72. The van der Waals surface area contributed by atoms with Crippen LogP contribution in [-0.4, -0.2) is 11.1 Å². The van der Waals surface area contributed by atoms with Crippen molar-refractivity contribution >= 4 is 28.5 Å². The lowest BCUT2D eigenvalue weighted by Crippen LogP contribution is -2.21. The number of carboxylic acids is 1. The number of carboxylic acid groups (broad SMARTS) is 1. The van der Waals surface area contributed by atoms with Gasteiger partial charge in [0.15, 0.2) is 5.43 Å². The average Bonchev–Trinajstić information content (AvgIpc) is 2.52. The molecule has 0 saturated heterocycles. The summed E-state index contributed by atoms with van der Waals surface area (Å²) in [6, 6.07) is 13.1. The molecule has 0 amide bonds. The van der Waals surface area contributed by atoms with E-state index in [0.29, 0.717) is 21.6 Å². The zero-order valence-corrected chi connectivity index (χ0v) is 12.1. The van der Waals surface area contributed by atoms with Crippen LogP contribution in [0.15, 0.2) is 64.0 Å². The van der Waals surface area contributed by atoms with Gasteiger partial charge in [0, 0.05) is 5.02 Å². The average molecular weight is 315 g/mol. The molecule has 1 heterocycles. The van der Waals surface area contributed by atoms with E-state index in [1.165, 1.54) is 6.26 Å². The Hall–Kier alpha value is -2.59. The molecule has 3 aromatic rings. The molecule has 0 fully saturated rings. The number of fused-ring (bicyclic) bond motifs is 1. The first-order chi connectivity index (χ1) is 10.6. The summed E-state index contributed by atoms with van der Waals surface area (Å²) in [4.78, 5) is 24.2. The van der Waals surface area contributed by atoms with Gasteiger partial charge in [0.05, 0.1) is 17.2 Å². The molecule has 4 nitrogen and oxygen atoms in total. The Morgan fingerprint density at radius 1 is 1.09 bits per heavy atom. The highest BCUT2D eigenvalue weighted by atomic mass is 35.5. The van der Waals surface area contributed by atoms with Gasteiger partial charge in [-0.15, -0.1) is 0 Å². The molecule has 2 aromatic carbocycles. The molecule has 5 heteroatoms. The number of hydrogen-bond acceptors (Lipinski definition) is 3. The number of halogens is 1. The minimum atomic E-state index is -1.12. The van der Waals surface area contributed by atoms with Crippen LogP contribution >= 0.6 is 11.6 Å². The fourth-order valence-electron chi connectivity index (χ4n) is 2.40. The molecule has 0 aliphatic rings. The summed E-state index contributed by atoms with van der Waals surface area (Å²) in [6.07, 6.45) is 1.22. The van der Waals surface area contributed by atoms with Crippen molar-refractivity contribution in [1.82, 2.24) is 0 Å². The number of aliphatic carboxylic acids is 1. The van der Waals surface area contributed by atoms with Crippen LogP contribution in [-0.2, 0) is 4.79 Å². The van der Waals surface area contributed by atoms with E-state index in [2.05, 4.69) is 0 Å². The summed E-state index contributed by atoms with van der Waals surface area (Å²) in [5, 5.41) is 10.4. The molecule has 1 atom stereocenters. The van der Waals surface area contributed by atoms with Crippen LogP contribution in [0.4, 0.5) is 0 Å². The lowest BCUT2D eigenvalue weighted by Gasteiger charge is -2.12. The minimum absolute atomic E-state index is 0.0912. The molecule has 22 heavy (non-hydrogen) atoms. The van der Waals surface area contributed by atoms with E-state index >= 15 is 0 Å². The third-order valence-electron chi connectivity index (χ3n) is 3.47. The van der Waals surface area contributed by atoms with Gasteiger partial charge in [0.25, 0.3) is 0 Å². The number of rotatable bonds is 3. The van der Waals surface area contributed by atoms with Crippen molar-refractivity contribution in [2.45, 2.75) is 5.92 Å². The van der Waals surface area contributed by atoms with Crippen LogP contribution in [0.2, 0.25) is 5.02 Å². The molecule has 110 valence electrons. The summed E-state index contributed by atoms with van der Waals surface area (Å²) in [6.45, 7) is 0. The summed E-state index contributed by atoms with van der Waals surface area (Å²) in [7, 11) is 0. The monoisotopic (exact) mass is 314 g/mol. The molecule has 0 bridgehead atoms. The molecule has 1 unspecified atom stereocenters. The van der Waals surface area contributed by atoms with Gasteiger partial charge in [-0.1, -0.05) is 35.9 Å². The van der Waals surface area contributed by atoms with E-state index in [0.717, 1.165) is 0 Å². The van der Waals surface area contributed by atoms with Crippen molar-refractivity contribution in [3.8, 4) is 0 Å². The van der Waals surface area contributed by atoms with Crippen LogP contribution in [0.3, 0.4) is 0 Å². The van der Waals surface area contributed by atoms with Gasteiger partial charge in [-0.05, 0) is 29.8 Å². The predicted octanol–water partition coefficient (Wildman–Crippen LogP) is 3.66. The smallest absolute Gasteiger partial charge is 0.315 e. The number of benzene rings is 2. The van der Waals surface area contributed by atoms with Crippen LogP contribution in [0.25, 0.3) is 11.0 Å². The molecule has 1 aromatic heterocycles. The van der Waals surface area contributed by atoms with Crippen LogP contribution in [0.5, 0.6) is 0 Å². The van der Waals surface area contributed by atoms with Crippen LogP contribution < -0.4 is 5.43 Å². The highest BCUT2D eigenvalue weighted by molar-refractivity contribution is 6.30. The van der Waals surface area contributed by atoms with Gasteiger partial charge < -0.3 is 9.52 Å². The molecular formula is C17H11ClO4. The fraction of sp³-hybridized carbons (Fsp3) is 0.0588. The Kier molecular flexibility index (Phi) is 3.69. The van der Waals surface area contributed by atoms with Gasteiger partial charge in [-0.25, -0.2) is 0 Å². The Labute approximate surface area is 130 Å². The van der Waals surface area contributed by atoms with Gasteiger partial charge in [0.1, 0.15) is 11.5 Å². The first kappa shape index (κ1) is 14.4. The maximum atomic E-state index is 12.6. The molecular weight excluding hydrogens is 304 g/mol. The van der Waals surface area contributed by atoms with Crippen molar-refractivity contribution in [3.05, 3.63) is 81.2 Å². The highest BCUT2D eigenvalue weighted by Crippen LogP contribution is 2.25. The Bertz CT molecular complexity index is 896. The van der Waals surface area contributed by atoms with E-state index in [1.54, 1.807) is 48.5 Å². The van der Waals surface area contributed by atoms with Crippen molar-refractivity contribution in [2.75, 3.05) is 0 Å². The Morgan fingerprint density at radius 2 is 1.77 bits per heavy atom. The molecule has 0 aliphatic heterocycles. The predicted molar refractivity (Wildman–Crippen MR) is 83.4 cm³/mol. The lowest BCUT2D eigenvalue weighted by atomic mass is 9.92. The molecule has 0 radical (unpaired) electrons. The second-order valence-electron chi connectivity index (χ2n) is 4.84. The van der Waals surface area contributed by atoms with Crippen molar-refractivity contribution in [3.63, 3.8) is 0 Å². The van der Waals surface area contributed by atoms with E-state index < -0.39 is 11.9 Å².